The van der Waals surface area contributed by atoms with Gasteiger partial charge in [-0.15, -0.1) is 0 Å². The Morgan fingerprint density at radius 3 is 2.67 bits per heavy atom. The lowest BCUT2D eigenvalue weighted by atomic mass is 9.82. The fourth-order valence-corrected chi connectivity index (χ4v) is 4.03. The highest BCUT2D eigenvalue weighted by Crippen LogP contribution is 2.33. The van der Waals surface area contributed by atoms with Crippen molar-refractivity contribution >= 4 is 34.1 Å². The Balaban J connectivity index is 2.08. The number of ether oxygens (including phenoxy) is 1. The number of aromatic nitrogens is 1. The summed E-state index contributed by atoms with van der Waals surface area (Å²) >= 11 is 5.58. The topological polar surface area (TPSA) is 48.3 Å². The predicted octanol–water partition coefficient (Wildman–Crippen LogP) is 2.15. The summed E-state index contributed by atoms with van der Waals surface area (Å²) in [6.45, 7) is 1.76. The number of fused-ring (bicyclic) bond motifs is 1. The molecule has 1 fully saturated rings. The molecule has 0 amide bonds. The second kappa shape index (κ2) is 5.94. The van der Waals surface area contributed by atoms with Gasteiger partial charge in [0.15, 0.2) is 0 Å². The first-order valence-electron chi connectivity index (χ1n) is 6.97. The Morgan fingerprint density at radius 2 is 1.95 bits per heavy atom. The molecule has 0 spiro atoms. The van der Waals surface area contributed by atoms with Crippen LogP contribution in [0.25, 0.3) is 10.1 Å². The molecule has 21 heavy (non-hydrogen) atoms. The highest BCUT2D eigenvalue weighted by atomic mass is 32.1. The summed E-state index contributed by atoms with van der Waals surface area (Å²) < 4.78 is 7.53. The molecule has 3 rings (SSSR count). The fraction of sp³-hybridized carbons (Fsp3) is 0.467. The molecule has 0 saturated carbocycles. The Morgan fingerprint density at radius 1 is 1.24 bits per heavy atom. The minimum Gasteiger partial charge on any atom is -0.381 e. The van der Waals surface area contributed by atoms with Gasteiger partial charge in [0.2, 0.25) is 0 Å². The van der Waals surface area contributed by atoms with Crippen LogP contribution in [0.1, 0.15) is 12.8 Å². The average Bonchev–Trinajstić information content (AvgIpc) is 2.52. The van der Waals surface area contributed by atoms with Crippen molar-refractivity contribution in [3.8, 4) is 0 Å². The van der Waals surface area contributed by atoms with Gasteiger partial charge in [0.05, 0.1) is 5.39 Å². The van der Waals surface area contributed by atoms with E-state index in [4.69, 9.17) is 4.74 Å². The summed E-state index contributed by atoms with van der Waals surface area (Å²) in [5.41, 5.74) is -0.318. The van der Waals surface area contributed by atoms with Crippen molar-refractivity contribution < 1.29 is 4.74 Å². The van der Waals surface area contributed by atoms with E-state index in [1.807, 2.05) is 18.2 Å². The van der Waals surface area contributed by atoms with Crippen molar-refractivity contribution in [3.63, 3.8) is 0 Å². The first-order valence-corrected chi connectivity index (χ1v) is 8.41. The number of hydrogen-bond acceptors (Lipinski definition) is 5. The monoisotopic (exact) mass is 323 g/mol. The van der Waals surface area contributed by atoms with Crippen molar-refractivity contribution in [1.82, 2.24) is 4.57 Å². The molecule has 0 bridgehead atoms. The fourth-order valence-electron chi connectivity index (χ4n) is 2.75. The minimum atomic E-state index is -0.193. The standard InChI is InChI=1S/C15H17NO3S2/c17-13-11-3-1-2-4-12(11)21-14(18)16(13)9-15(10-20)5-7-19-8-6-15/h1-4,20H,5-10H2. The highest BCUT2D eigenvalue weighted by molar-refractivity contribution is 7.80. The first-order chi connectivity index (χ1) is 10.2. The molecule has 1 aromatic carbocycles. The van der Waals surface area contributed by atoms with Crippen LogP contribution in [0.5, 0.6) is 0 Å². The van der Waals surface area contributed by atoms with Gasteiger partial charge in [-0.25, -0.2) is 0 Å². The minimum absolute atomic E-state index is 0.125. The van der Waals surface area contributed by atoms with E-state index in [1.165, 1.54) is 4.57 Å². The molecule has 112 valence electrons. The van der Waals surface area contributed by atoms with Crippen molar-refractivity contribution in [1.29, 1.82) is 0 Å². The Kier molecular flexibility index (Phi) is 4.19. The quantitative estimate of drug-likeness (QED) is 0.881. The van der Waals surface area contributed by atoms with Crippen LogP contribution in [0.15, 0.2) is 33.9 Å². The maximum absolute atomic E-state index is 12.6. The largest absolute Gasteiger partial charge is 0.381 e. The molecular weight excluding hydrogens is 306 g/mol. The Bertz CT molecular complexity index is 759. The zero-order chi connectivity index (χ0) is 14.9. The van der Waals surface area contributed by atoms with Crippen molar-refractivity contribution in [2.45, 2.75) is 19.4 Å². The van der Waals surface area contributed by atoms with Crippen molar-refractivity contribution in [2.24, 2.45) is 5.41 Å². The summed E-state index contributed by atoms with van der Waals surface area (Å²) in [7, 11) is 0. The molecule has 0 N–H and O–H groups in total. The summed E-state index contributed by atoms with van der Waals surface area (Å²) in [6, 6.07) is 7.27. The molecule has 1 aliphatic rings. The van der Waals surface area contributed by atoms with E-state index < -0.39 is 0 Å². The molecule has 4 nitrogen and oxygen atoms in total. The Hall–Kier alpha value is -1.11. The lowest BCUT2D eigenvalue weighted by Gasteiger charge is -2.36. The second-order valence-electron chi connectivity index (χ2n) is 5.53. The number of benzene rings is 1. The summed E-state index contributed by atoms with van der Waals surface area (Å²) in [6.07, 6.45) is 1.67. The SMILES string of the molecule is O=c1sc2ccccc2c(=O)n1CC1(CS)CCOCC1. The lowest BCUT2D eigenvalue weighted by molar-refractivity contribution is 0.0175. The van der Waals surface area contributed by atoms with Crippen LogP contribution in [-0.4, -0.2) is 23.5 Å². The van der Waals surface area contributed by atoms with E-state index in [9.17, 15) is 9.59 Å². The van der Waals surface area contributed by atoms with Crippen LogP contribution in [0.4, 0.5) is 0 Å². The van der Waals surface area contributed by atoms with Gasteiger partial charge in [0, 0.05) is 29.9 Å². The Labute approximate surface area is 131 Å². The van der Waals surface area contributed by atoms with Crippen LogP contribution in [0.3, 0.4) is 0 Å². The third kappa shape index (κ3) is 2.80. The lowest BCUT2D eigenvalue weighted by Crippen LogP contribution is -2.42. The van der Waals surface area contributed by atoms with Gasteiger partial charge in [-0.2, -0.15) is 12.6 Å². The number of nitrogens with zero attached hydrogens (tertiary/aromatic N) is 1. The van der Waals surface area contributed by atoms with E-state index in [0.717, 1.165) is 28.9 Å². The predicted molar refractivity (Wildman–Crippen MR) is 88.7 cm³/mol. The van der Waals surface area contributed by atoms with Crippen molar-refractivity contribution in [3.05, 3.63) is 44.3 Å². The smallest absolute Gasteiger partial charge is 0.310 e. The van der Waals surface area contributed by atoms with Gasteiger partial charge >= 0.3 is 4.87 Å². The van der Waals surface area contributed by atoms with Gasteiger partial charge in [0.25, 0.3) is 5.56 Å². The van der Waals surface area contributed by atoms with Crippen LogP contribution >= 0.6 is 24.0 Å². The molecule has 2 heterocycles. The van der Waals surface area contributed by atoms with Gasteiger partial charge in [-0.3, -0.25) is 14.2 Å². The van der Waals surface area contributed by atoms with Gasteiger partial charge in [0.1, 0.15) is 0 Å². The van der Waals surface area contributed by atoms with Gasteiger partial charge in [-0.05, 0) is 30.7 Å². The zero-order valence-corrected chi connectivity index (χ0v) is 13.3. The second-order valence-corrected chi connectivity index (χ2v) is 6.84. The zero-order valence-electron chi connectivity index (χ0n) is 11.6. The maximum Gasteiger partial charge on any atom is 0.310 e. The normalized spacial score (nSPS) is 18.0. The molecule has 1 aliphatic heterocycles. The van der Waals surface area contributed by atoms with Crippen LogP contribution in [-0.2, 0) is 11.3 Å². The van der Waals surface area contributed by atoms with Gasteiger partial charge in [-0.1, -0.05) is 23.5 Å². The molecule has 6 heteroatoms. The molecule has 0 radical (unpaired) electrons. The number of thiol groups is 1. The third-order valence-corrected chi connectivity index (χ3v) is 5.80. The summed E-state index contributed by atoms with van der Waals surface area (Å²) in [5.74, 6) is 0.653. The number of rotatable bonds is 3. The van der Waals surface area contributed by atoms with E-state index in [-0.39, 0.29) is 15.8 Å². The van der Waals surface area contributed by atoms with Crippen LogP contribution in [0.2, 0.25) is 0 Å². The van der Waals surface area contributed by atoms with Crippen LogP contribution < -0.4 is 10.4 Å². The van der Waals surface area contributed by atoms with E-state index in [1.54, 1.807) is 6.07 Å². The molecule has 0 unspecified atom stereocenters. The van der Waals surface area contributed by atoms with E-state index >= 15 is 0 Å². The molecule has 1 saturated heterocycles. The summed E-state index contributed by atoms with van der Waals surface area (Å²) in [4.78, 5) is 24.7. The maximum atomic E-state index is 12.6. The summed E-state index contributed by atoms with van der Waals surface area (Å²) in [5, 5.41) is 0.614. The third-order valence-electron chi connectivity index (χ3n) is 4.16. The average molecular weight is 323 g/mol. The first kappa shape index (κ1) is 14.8. The molecule has 0 aliphatic carbocycles. The molecule has 2 aromatic rings. The van der Waals surface area contributed by atoms with E-state index in [0.29, 0.717) is 30.9 Å². The number of hydrogen-bond donors (Lipinski definition) is 1. The van der Waals surface area contributed by atoms with E-state index in [2.05, 4.69) is 12.6 Å². The molecule has 0 atom stereocenters. The van der Waals surface area contributed by atoms with Crippen molar-refractivity contribution in [2.75, 3.05) is 19.0 Å². The van der Waals surface area contributed by atoms with Crippen LogP contribution in [0, 0.1) is 5.41 Å². The highest BCUT2D eigenvalue weighted by Gasteiger charge is 2.32. The molecule has 1 aromatic heterocycles. The van der Waals surface area contributed by atoms with Gasteiger partial charge < -0.3 is 4.74 Å². The molecular formula is C15H17NO3S2.